The molecule has 1 saturated heterocycles. The molecule has 0 atom stereocenters. The van der Waals surface area contributed by atoms with Crippen LogP contribution in [0.15, 0.2) is 0 Å². The first-order chi connectivity index (χ1) is 6.33. The summed E-state index contributed by atoms with van der Waals surface area (Å²) >= 11 is 0. The molecule has 0 amide bonds. The second kappa shape index (κ2) is 5.33. The highest BCUT2D eigenvalue weighted by molar-refractivity contribution is 7.90. The molecule has 0 aliphatic carbocycles. The van der Waals surface area contributed by atoms with Crippen LogP contribution in [0.25, 0.3) is 0 Å². The van der Waals surface area contributed by atoms with Crippen LogP contribution in [0.4, 0.5) is 13.2 Å². The van der Waals surface area contributed by atoms with Crippen molar-refractivity contribution in [1.82, 2.24) is 10.0 Å². The fourth-order valence-electron chi connectivity index (χ4n) is 1.23. The summed E-state index contributed by atoms with van der Waals surface area (Å²) in [5.74, 6) is 0. The predicted molar refractivity (Wildman–Crippen MR) is 51.3 cm³/mol. The van der Waals surface area contributed by atoms with Crippen molar-refractivity contribution >= 4 is 22.4 Å². The van der Waals surface area contributed by atoms with E-state index in [4.69, 9.17) is 0 Å². The highest BCUT2D eigenvalue weighted by Gasteiger charge is 2.46. The smallest absolute Gasteiger partial charge is 0.317 e. The van der Waals surface area contributed by atoms with Crippen LogP contribution in [0.5, 0.6) is 0 Å². The Morgan fingerprint density at radius 1 is 1.20 bits per heavy atom. The number of piperidine rings is 1. The molecule has 0 unspecified atom stereocenters. The summed E-state index contributed by atoms with van der Waals surface area (Å²) in [5, 5.41) is 2.92. The zero-order valence-electron chi connectivity index (χ0n) is 7.67. The van der Waals surface area contributed by atoms with E-state index >= 15 is 0 Å². The Hall–Kier alpha value is -0.0500. The molecule has 0 saturated carbocycles. The van der Waals surface area contributed by atoms with Crippen LogP contribution < -0.4 is 10.0 Å². The lowest BCUT2D eigenvalue weighted by atomic mass is 10.1. The number of sulfonamides is 1. The first kappa shape index (κ1) is 14.9. The molecular weight excluding hydrogens is 257 g/mol. The van der Waals surface area contributed by atoms with Gasteiger partial charge in [0, 0.05) is 6.04 Å². The molecule has 92 valence electrons. The Morgan fingerprint density at radius 2 is 1.67 bits per heavy atom. The molecule has 0 radical (unpaired) electrons. The van der Waals surface area contributed by atoms with E-state index in [2.05, 4.69) is 5.32 Å². The minimum Gasteiger partial charge on any atom is -0.317 e. The summed E-state index contributed by atoms with van der Waals surface area (Å²) in [4.78, 5) is 0. The Morgan fingerprint density at radius 3 is 2.07 bits per heavy atom. The number of hydrogen-bond acceptors (Lipinski definition) is 3. The summed E-state index contributed by atoms with van der Waals surface area (Å²) in [6.45, 7) is 1.07. The summed E-state index contributed by atoms with van der Waals surface area (Å²) in [6.07, 6.45) is 0.768. The van der Waals surface area contributed by atoms with E-state index in [1.54, 1.807) is 4.72 Å². The van der Waals surface area contributed by atoms with E-state index in [0.717, 1.165) is 0 Å². The topological polar surface area (TPSA) is 58.2 Å². The molecule has 2 N–H and O–H groups in total. The third-order valence-corrected chi connectivity index (χ3v) is 3.22. The van der Waals surface area contributed by atoms with Gasteiger partial charge in [-0.3, -0.25) is 0 Å². The Kier molecular flexibility index (Phi) is 5.31. The van der Waals surface area contributed by atoms with Gasteiger partial charge in [-0.25, -0.2) is 13.1 Å². The first-order valence-electron chi connectivity index (χ1n) is 4.12. The van der Waals surface area contributed by atoms with Crippen molar-refractivity contribution in [2.45, 2.75) is 24.4 Å². The van der Waals surface area contributed by atoms with Crippen LogP contribution in [0, 0.1) is 0 Å². The van der Waals surface area contributed by atoms with Crippen molar-refractivity contribution in [3.63, 3.8) is 0 Å². The Balaban J connectivity index is 0.00000196. The van der Waals surface area contributed by atoms with E-state index in [9.17, 15) is 21.6 Å². The molecule has 15 heavy (non-hydrogen) atoms. The van der Waals surface area contributed by atoms with Crippen LogP contribution in [-0.4, -0.2) is 33.1 Å². The molecule has 0 bridgehead atoms. The molecule has 0 aromatic rings. The summed E-state index contributed by atoms with van der Waals surface area (Å²) in [7, 11) is -5.18. The fraction of sp³-hybridized carbons (Fsp3) is 1.00. The van der Waals surface area contributed by atoms with Gasteiger partial charge in [0.2, 0.25) is 0 Å². The van der Waals surface area contributed by atoms with Gasteiger partial charge in [-0.15, -0.1) is 12.4 Å². The van der Waals surface area contributed by atoms with E-state index < -0.39 is 21.6 Å². The van der Waals surface area contributed by atoms with Crippen molar-refractivity contribution in [3.8, 4) is 0 Å². The summed E-state index contributed by atoms with van der Waals surface area (Å²) in [6, 6.07) is -0.608. The van der Waals surface area contributed by atoms with E-state index in [1.165, 1.54) is 0 Å². The van der Waals surface area contributed by atoms with E-state index in [-0.39, 0.29) is 12.4 Å². The summed E-state index contributed by atoms with van der Waals surface area (Å²) in [5.41, 5.74) is -5.21. The second-order valence-electron chi connectivity index (χ2n) is 3.09. The van der Waals surface area contributed by atoms with Gasteiger partial charge in [-0.1, -0.05) is 0 Å². The second-order valence-corrected chi connectivity index (χ2v) is 4.80. The quantitative estimate of drug-likeness (QED) is 0.771. The van der Waals surface area contributed by atoms with Crippen molar-refractivity contribution in [3.05, 3.63) is 0 Å². The van der Waals surface area contributed by atoms with Gasteiger partial charge in [0.25, 0.3) is 0 Å². The van der Waals surface area contributed by atoms with Crippen molar-refractivity contribution in [1.29, 1.82) is 0 Å². The molecule has 0 spiro atoms. The van der Waals surface area contributed by atoms with Gasteiger partial charge in [0.05, 0.1) is 0 Å². The van der Waals surface area contributed by atoms with Gasteiger partial charge in [0.1, 0.15) is 0 Å². The largest absolute Gasteiger partial charge is 0.511 e. The van der Waals surface area contributed by atoms with Crippen LogP contribution >= 0.6 is 12.4 Å². The van der Waals surface area contributed by atoms with Crippen LogP contribution in [0.2, 0.25) is 0 Å². The molecule has 0 aromatic heterocycles. The van der Waals surface area contributed by atoms with Crippen LogP contribution in [0.3, 0.4) is 0 Å². The fourth-order valence-corrected chi connectivity index (χ4v) is 2.03. The number of alkyl halides is 3. The third-order valence-electron chi connectivity index (χ3n) is 1.97. The number of hydrogen-bond donors (Lipinski definition) is 2. The molecular formula is C6H12ClF3N2O2S. The maximum absolute atomic E-state index is 11.9. The van der Waals surface area contributed by atoms with Crippen molar-refractivity contribution in [2.24, 2.45) is 0 Å². The lowest BCUT2D eigenvalue weighted by Gasteiger charge is -2.23. The maximum Gasteiger partial charge on any atom is 0.511 e. The molecule has 1 aliphatic heterocycles. The zero-order chi connectivity index (χ0) is 10.8. The highest BCUT2D eigenvalue weighted by Crippen LogP contribution is 2.22. The normalized spacial score (nSPS) is 19.7. The Bertz CT molecular complexity index is 287. The molecule has 9 heteroatoms. The Labute approximate surface area is 92.1 Å². The van der Waals surface area contributed by atoms with Gasteiger partial charge in [0.15, 0.2) is 0 Å². The SMILES string of the molecule is Cl.O=S(=O)(NC1CCNCC1)C(F)(F)F. The average Bonchev–Trinajstić information content (AvgIpc) is 2.03. The monoisotopic (exact) mass is 268 g/mol. The molecule has 4 nitrogen and oxygen atoms in total. The standard InChI is InChI=1S/C6H11F3N2O2S.ClH/c7-6(8,9)14(12,13)11-5-1-3-10-4-2-5;/h5,10-11H,1-4H2;1H. The molecule has 1 heterocycles. The van der Waals surface area contributed by atoms with E-state index in [1.807, 2.05) is 0 Å². The zero-order valence-corrected chi connectivity index (χ0v) is 9.31. The minimum absolute atomic E-state index is 0. The van der Waals surface area contributed by atoms with Gasteiger partial charge in [-0.2, -0.15) is 13.2 Å². The van der Waals surface area contributed by atoms with Crippen LogP contribution in [-0.2, 0) is 10.0 Å². The number of nitrogens with one attached hydrogen (secondary N) is 2. The average molecular weight is 269 g/mol. The van der Waals surface area contributed by atoms with Crippen molar-refractivity contribution in [2.75, 3.05) is 13.1 Å². The summed E-state index contributed by atoms with van der Waals surface area (Å²) < 4.78 is 58.7. The lowest BCUT2D eigenvalue weighted by Crippen LogP contribution is -2.47. The molecule has 1 aliphatic rings. The predicted octanol–water partition coefficient (Wildman–Crippen LogP) is 0.599. The third kappa shape index (κ3) is 4.13. The van der Waals surface area contributed by atoms with Crippen LogP contribution in [0.1, 0.15) is 12.8 Å². The molecule has 1 fully saturated rings. The molecule has 0 aromatic carbocycles. The minimum atomic E-state index is -5.21. The first-order valence-corrected chi connectivity index (χ1v) is 5.60. The van der Waals surface area contributed by atoms with E-state index in [0.29, 0.717) is 25.9 Å². The van der Waals surface area contributed by atoms with Gasteiger partial charge in [-0.05, 0) is 25.9 Å². The maximum atomic E-state index is 11.9. The van der Waals surface area contributed by atoms with Gasteiger partial charge < -0.3 is 5.32 Å². The number of halogens is 4. The number of rotatable bonds is 2. The van der Waals surface area contributed by atoms with Gasteiger partial charge >= 0.3 is 15.5 Å². The lowest BCUT2D eigenvalue weighted by molar-refractivity contribution is -0.0451. The molecule has 1 rings (SSSR count). The van der Waals surface area contributed by atoms with Crippen molar-refractivity contribution < 1.29 is 21.6 Å². The highest BCUT2D eigenvalue weighted by atomic mass is 35.5.